The number of halogens is 5. The Morgan fingerprint density at radius 3 is 2.35 bits per heavy atom. The normalized spacial score (nSPS) is 12.6. The lowest BCUT2D eigenvalue weighted by Gasteiger charge is -2.16. The van der Waals surface area contributed by atoms with E-state index in [-0.39, 0.29) is 17.8 Å². The van der Waals surface area contributed by atoms with Crippen LogP contribution in [0.5, 0.6) is 0 Å². The van der Waals surface area contributed by atoms with E-state index >= 15 is 0 Å². The number of aromatic nitrogens is 6. The molecule has 0 aliphatic carbocycles. The van der Waals surface area contributed by atoms with Gasteiger partial charge in [-0.15, -0.1) is 0 Å². The van der Waals surface area contributed by atoms with Crippen LogP contribution in [0.15, 0.2) is 60.4 Å². The third-order valence-corrected chi connectivity index (χ3v) is 5.47. The average molecular weight is 519 g/mol. The molecule has 0 saturated heterocycles. The van der Waals surface area contributed by atoms with E-state index in [1.165, 1.54) is 30.9 Å². The van der Waals surface area contributed by atoms with Gasteiger partial charge in [0.25, 0.3) is 6.43 Å². The van der Waals surface area contributed by atoms with Gasteiger partial charge in [-0.1, -0.05) is 13.0 Å². The fraction of sp³-hybridized carbons (Fsp3) is 0.261. The molecule has 0 saturated carbocycles. The molecule has 0 fully saturated rings. The number of alkyl halides is 5. The van der Waals surface area contributed by atoms with Crippen molar-refractivity contribution in [3.63, 3.8) is 0 Å². The maximum atomic E-state index is 12.9. The summed E-state index contributed by atoms with van der Waals surface area (Å²) in [7, 11) is 0. The van der Waals surface area contributed by atoms with Crippen molar-refractivity contribution in [3.05, 3.63) is 66.6 Å². The Morgan fingerprint density at radius 2 is 1.73 bits per heavy atom. The molecule has 1 atom stereocenters. The Hall–Kier alpha value is -4.36. The van der Waals surface area contributed by atoms with E-state index in [0.717, 1.165) is 10.7 Å². The van der Waals surface area contributed by atoms with Crippen LogP contribution in [0.1, 0.15) is 30.6 Å². The van der Waals surface area contributed by atoms with Crippen molar-refractivity contribution >= 4 is 11.8 Å². The van der Waals surface area contributed by atoms with Gasteiger partial charge in [-0.2, -0.15) is 28.4 Å². The maximum absolute atomic E-state index is 12.9. The molecule has 9 nitrogen and oxygen atoms in total. The van der Waals surface area contributed by atoms with Crippen molar-refractivity contribution in [2.45, 2.75) is 38.5 Å². The average Bonchev–Trinajstić information content (AvgIpc) is 3.49. The zero-order valence-electron chi connectivity index (χ0n) is 19.4. The Morgan fingerprint density at radius 1 is 0.973 bits per heavy atom. The molecule has 4 aromatic heterocycles. The second-order valence-corrected chi connectivity index (χ2v) is 8.08. The van der Waals surface area contributed by atoms with Gasteiger partial charge in [-0.25, -0.2) is 13.8 Å². The highest BCUT2D eigenvalue weighted by atomic mass is 19.4. The van der Waals surface area contributed by atoms with Crippen molar-refractivity contribution < 1.29 is 22.0 Å². The van der Waals surface area contributed by atoms with Crippen molar-refractivity contribution in [1.29, 1.82) is 0 Å². The summed E-state index contributed by atoms with van der Waals surface area (Å²) in [4.78, 5) is 11.9. The van der Waals surface area contributed by atoms with Gasteiger partial charge in [-0.3, -0.25) is 14.3 Å². The van der Waals surface area contributed by atoms with Crippen molar-refractivity contribution in [2.75, 3.05) is 0 Å². The number of rotatable bonds is 8. The van der Waals surface area contributed by atoms with Gasteiger partial charge < -0.3 is 11.5 Å². The summed E-state index contributed by atoms with van der Waals surface area (Å²) in [5, 5.41) is 8.35. The molecule has 4 heterocycles. The van der Waals surface area contributed by atoms with Gasteiger partial charge in [0, 0.05) is 47.0 Å². The van der Waals surface area contributed by atoms with Crippen LogP contribution in [0.2, 0.25) is 0 Å². The van der Waals surface area contributed by atoms with Crippen LogP contribution in [0.4, 0.5) is 27.8 Å². The summed E-state index contributed by atoms with van der Waals surface area (Å²) < 4.78 is 66.9. The minimum absolute atomic E-state index is 0.176. The molecule has 4 rings (SSSR count). The summed E-state index contributed by atoms with van der Waals surface area (Å²) in [6, 6.07) is 3.69. The molecule has 4 aromatic rings. The van der Waals surface area contributed by atoms with Gasteiger partial charge >= 0.3 is 6.18 Å². The van der Waals surface area contributed by atoms with Crippen LogP contribution >= 0.6 is 0 Å². The molecule has 0 radical (unpaired) electrons. The third kappa shape index (κ3) is 5.90. The number of hydrogen-bond donors (Lipinski definition) is 2. The Balaban J connectivity index is 1.68. The minimum atomic E-state index is -4.52. The first-order valence-corrected chi connectivity index (χ1v) is 11.0. The topological polar surface area (TPSA) is 126 Å². The van der Waals surface area contributed by atoms with Crippen LogP contribution < -0.4 is 11.5 Å². The van der Waals surface area contributed by atoms with Gasteiger partial charge in [0.15, 0.2) is 11.8 Å². The fourth-order valence-corrected chi connectivity index (χ4v) is 3.79. The molecule has 0 bridgehead atoms. The Kier molecular flexibility index (Phi) is 7.18. The minimum Gasteiger partial charge on any atom is -0.370 e. The molecule has 4 N–H and O–H groups in total. The van der Waals surface area contributed by atoms with E-state index in [0.29, 0.717) is 34.2 Å². The lowest BCUT2D eigenvalue weighted by Crippen LogP contribution is -2.22. The largest absolute Gasteiger partial charge is 0.433 e. The zero-order chi connectivity index (χ0) is 26.7. The highest BCUT2D eigenvalue weighted by molar-refractivity contribution is 5.84. The first-order valence-electron chi connectivity index (χ1n) is 11.0. The number of hydrogen-bond acceptors (Lipinski definition) is 5. The van der Waals surface area contributed by atoms with E-state index in [4.69, 9.17) is 11.5 Å². The molecule has 0 aromatic carbocycles. The van der Waals surface area contributed by atoms with Crippen LogP contribution in [-0.4, -0.2) is 41.9 Å². The van der Waals surface area contributed by atoms with E-state index in [1.54, 1.807) is 23.1 Å². The van der Waals surface area contributed by atoms with Crippen LogP contribution in [0.25, 0.3) is 22.3 Å². The number of pyridine rings is 2. The molecule has 0 amide bonds. The van der Waals surface area contributed by atoms with Gasteiger partial charge in [0.2, 0.25) is 0 Å². The first-order chi connectivity index (χ1) is 17.5. The summed E-state index contributed by atoms with van der Waals surface area (Å²) in [6.07, 6.45) is 2.32. The van der Waals surface area contributed by atoms with Crippen LogP contribution in [0.3, 0.4) is 0 Å². The summed E-state index contributed by atoms with van der Waals surface area (Å²) in [5.74, 6) is -0.0553. The van der Waals surface area contributed by atoms with Gasteiger partial charge in [0.05, 0.1) is 18.4 Å². The smallest absolute Gasteiger partial charge is 0.370 e. The van der Waals surface area contributed by atoms with Crippen molar-refractivity contribution in [1.82, 2.24) is 29.5 Å². The predicted octanol–water partition coefficient (Wildman–Crippen LogP) is 4.39. The highest BCUT2D eigenvalue weighted by Crippen LogP contribution is 2.34. The lowest BCUT2D eigenvalue weighted by molar-refractivity contribution is -0.141. The van der Waals surface area contributed by atoms with Gasteiger partial charge in [0.1, 0.15) is 12.2 Å². The lowest BCUT2D eigenvalue weighted by atomic mass is 10.0. The molecule has 14 heteroatoms. The fourth-order valence-electron chi connectivity index (χ4n) is 3.79. The molecular weight excluding hydrogens is 497 g/mol. The van der Waals surface area contributed by atoms with Crippen molar-refractivity contribution in [3.8, 4) is 22.3 Å². The zero-order valence-corrected chi connectivity index (χ0v) is 19.4. The number of aliphatic imine (C=N–C) groups is 1. The first kappa shape index (κ1) is 25.7. The monoisotopic (exact) mass is 519 g/mol. The SMILES string of the molecule is CCC(c1ccc(C(F)(F)F)nc1)n1cc(-c2cnc(N=C(N)N)c(-c3cnn(CC(F)F)c3)c2)cn1. The summed E-state index contributed by atoms with van der Waals surface area (Å²) in [6.45, 7) is 1.30. The van der Waals surface area contributed by atoms with E-state index in [1.807, 2.05) is 6.92 Å². The third-order valence-electron chi connectivity index (χ3n) is 5.47. The number of nitrogens with two attached hydrogens (primary N) is 2. The predicted molar refractivity (Wildman–Crippen MR) is 126 cm³/mol. The van der Waals surface area contributed by atoms with Crippen LogP contribution in [-0.2, 0) is 12.7 Å². The van der Waals surface area contributed by atoms with Gasteiger partial charge in [-0.05, 0) is 24.1 Å². The van der Waals surface area contributed by atoms with Crippen LogP contribution in [0, 0.1) is 0 Å². The Bertz CT molecular complexity index is 1390. The number of guanidine groups is 1. The van der Waals surface area contributed by atoms with E-state index in [9.17, 15) is 22.0 Å². The molecule has 0 aliphatic rings. The quantitative estimate of drug-likeness (QED) is 0.202. The maximum Gasteiger partial charge on any atom is 0.433 e. The molecule has 0 aliphatic heterocycles. The summed E-state index contributed by atoms with van der Waals surface area (Å²) >= 11 is 0. The summed E-state index contributed by atoms with van der Waals surface area (Å²) in [5.41, 5.74) is 12.8. The second-order valence-electron chi connectivity index (χ2n) is 8.08. The molecule has 194 valence electrons. The van der Waals surface area contributed by atoms with Crippen molar-refractivity contribution in [2.24, 2.45) is 16.5 Å². The highest BCUT2D eigenvalue weighted by Gasteiger charge is 2.32. The molecular formula is C23H22F5N9. The molecule has 0 spiro atoms. The van der Waals surface area contributed by atoms with E-state index in [2.05, 4.69) is 25.2 Å². The molecule has 37 heavy (non-hydrogen) atoms. The van der Waals surface area contributed by atoms with E-state index < -0.39 is 24.8 Å². The second kappa shape index (κ2) is 10.3. The number of nitrogens with zero attached hydrogens (tertiary/aromatic N) is 7. The molecule has 1 unspecified atom stereocenters. The standard InChI is InChI=1S/C23H22F5N9/c1-2-18(13-3-4-19(31-6-13)23(26,27)28)37-11-15(8-34-37)14-5-17(21(32-7-14)35-22(29)30)16-9-33-36(10-16)12-20(24)25/h3-11,18,20H,2,12H2,1H3,(H4,29,30,32,35). The Labute approximate surface area is 207 Å².